The highest BCUT2D eigenvalue weighted by Gasteiger charge is 2.09. The first-order chi connectivity index (χ1) is 9.31. The monoisotopic (exact) mass is 275 g/mol. The lowest BCUT2D eigenvalue weighted by atomic mass is 10.0. The lowest BCUT2D eigenvalue weighted by molar-refractivity contribution is 0.242. The van der Waals surface area contributed by atoms with Crippen LogP contribution >= 0.6 is 0 Å². The molecule has 0 amide bonds. The topological polar surface area (TPSA) is 21.3 Å². The minimum atomic E-state index is 0.141. The van der Waals surface area contributed by atoms with E-state index < -0.39 is 0 Å². The standard InChI is InChI=1S/C18H29NO/c1-7-15(13-19-18(4,5)6)12-16-10-8-9-11-17(16)20-14(2)3/h8-12,14,19H,7,13H2,1-6H3. The Kier molecular flexibility index (Phi) is 6.28. The van der Waals surface area contributed by atoms with Crippen molar-refractivity contribution >= 4 is 6.08 Å². The minimum Gasteiger partial charge on any atom is -0.490 e. The smallest absolute Gasteiger partial charge is 0.126 e. The van der Waals surface area contributed by atoms with E-state index in [4.69, 9.17) is 4.74 Å². The van der Waals surface area contributed by atoms with Crippen molar-refractivity contribution in [3.8, 4) is 5.75 Å². The molecule has 112 valence electrons. The first-order valence-corrected chi connectivity index (χ1v) is 7.52. The van der Waals surface area contributed by atoms with Gasteiger partial charge in [-0.3, -0.25) is 0 Å². The largest absolute Gasteiger partial charge is 0.490 e. The SMILES string of the molecule is CCC(=Cc1ccccc1OC(C)C)CNC(C)(C)C. The van der Waals surface area contributed by atoms with Gasteiger partial charge in [0, 0.05) is 17.6 Å². The van der Waals surface area contributed by atoms with Crippen molar-refractivity contribution in [1.82, 2.24) is 5.32 Å². The van der Waals surface area contributed by atoms with Gasteiger partial charge in [-0.15, -0.1) is 0 Å². The third-order valence-corrected chi connectivity index (χ3v) is 2.94. The molecule has 0 fully saturated rings. The molecule has 0 heterocycles. The van der Waals surface area contributed by atoms with E-state index in [0.29, 0.717) is 0 Å². The summed E-state index contributed by atoms with van der Waals surface area (Å²) in [5.74, 6) is 0.962. The molecule has 1 rings (SSSR count). The maximum Gasteiger partial charge on any atom is 0.126 e. The van der Waals surface area contributed by atoms with Crippen molar-refractivity contribution in [3.05, 3.63) is 35.4 Å². The van der Waals surface area contributed by atoms with Crippen LogP contribution in [0.1, 0.15) is 53.5 Å². The Balaban J connectivity index is 2.89. The number of benzene rings is 1. The zero-order valence-electron chi connectivity index (χ0n) is 13.8. The van der Waals surface area contributed by atoms with Crippen LogP contribution < -0.4 is 10.1 Å². The van der Waals surface area contributed by atoms with Crippen LogP contribution in [-0.4, -0.2) is 18.2 Å². The Bertz CT molecular complexity index is 441. The molecular formula is C18H29NO. The van der Waals surface area contributed by atoms with Crippen molar-refractivity contribution in [2.45, 2.75) is 59.6 Å². The van der Waals surface area contributed by atoms with E-state index in [-0.39, 0.29) is 11.6 Å². The highest BCUT2D eigenvalue weighted by Crippen LogP contribution is 2.23. The molecule has 0 saturated heterocycles. The Labute approximate surface area is 124 Å². The molecule has 0 radical (unpaired) electrons. The predicted molar refractivity (Wildman–Crippen MR) is 88.2 cm³/mol. The highest BCUT2D eigenvalue weighted by atomic mass is 16.5. The molecule has 0 unspecified atom stereocenters. The highest BCUT2D eigenvalue weighted by molar-refractivity contribution is 5.60. The van der Waals surface area contributed by atoms with Crippen molar-refractivity contribution in [2.24, 2.45) is 0 Å². The molecule has 0 saturated carbocycles. The van der Waals surface area contributed by atoms with Gasteiger partial charge in [-0.1, -0.05) is 36.8 Å². The molecule has 1 aromatic rings. The first-order valence-electron chi connectivity index (χ1n) is 7.52. The number of ether oxygens (including phenoxy) is 1. The molecule has 0 spiro atoms. The molecule has 0 bridgehead atoms. The summed E-state index contributed by atoms with van der Waals surface area (Å²) < 4.78 is 5.87. The summed E-state index contributed by atoms with van der Waals surface area (Å²) in [4.78, 5) is 0. The Morgan fingerprint density at radius 1 is 1.25 bits per heavy atom. The van der Waals surface area contributed by atoms with Crippen LogP contribution in [0, 0.1) is 0 Å². The van der Waals surface area contributed by atoms with Gasteiger partial charge in [-0.05, 0) is 47.1 Å². The number of hydrogen-bond acceptors (Lipinski definition) is 2. The minimum absolute atomic E-state index is 0.141. The van der Waals surface area contributed by atoms with Crippen LogP contribution in [0.15, 0.2) is 29.8 Å². The van der Waals surface area contributed by atoms with Crippen LogP contribution in [0.5, 0.6) is 5.75 Å². The summed E-state index contributed by atoms with van der Waals surface area (Å²) >= 11 is 0. The summed E-state index contributed by atoms with van der Waals surface area (Å²) in [5.41, 5.74) is 2.69. The van der Waals surface area contributed by atoms with E-state index >= 15 is 0 Å². The molecule has 0 aliphatic rings. The molecule has 20 heavy (non-hydrogen) atoms. The first kappa shape index (κ1) is 16.8. The molecule has 2 heteroatoms. The van der Waals surface area contributed by atoms with Crippen molar-refractivity contribution in [3.63, 3.8) is 0 Å². The number of rotatable bonds is 6. The fourth-order valence-corrected chi connectivity index (χ4v) is 1.84. The fourth-order valence-electron chi connectivity index (χ4n) is 1.84. The van der Waals surface area contributed by atoms with Gasteiger partial charge in [0.15, 0.2) is 0 Å². The van der Waals surface area contributed by atoms with E-state index in [1.54, 1.807) is 0 Å². The molecule has 0 aliphatic carbocycles. The predicted octanol–water partition coefficient (Wildman–Crippen LogP) is 4.66. The van der Waals surface area contributed by atoms with Crippen LogP contribution in [0.3, 0.4) is 0 Å². The summed E-state index contributed by atoms with van der Waals surface area (Å²) in [5, 5.41) is 3.54. The van der Waals surface area contributed by atoms with E-state index in [1.807, 2.05) is 12.1 Å². The van der Waals surface area contributed by atoms with Crippen molar-refractivity contribution in [2.75, 3.05) is 6.54 Å². The lowest BCUT2D eigenvalue weighted by Gasteiger charge is -2.21. The van der Waals surface area contributed by atoms with Gasteiger partial charge in [0.1, 0.15) is 5.75 Å². The van der Waals surface area contributed by atoms with E-state index in [0.717, 1.165) is 24.3 Å². The van der Waals surface area contributed by atoms with Gasteiger partial charge in [0.05, 0.1) is 6.10 Å². The quantitative estimate of drug-likeness (QED) is 0.815. The summed E-state index contributed by atoms with van der Waals surface area (Å²) in [6.45, 7) is 13.8. The van der Waals surface area contributed by atoms with Gasteiger partial charge in [-0.25, -0.2) is 0 Å². The summed E-state index contributed by atoms with van der Waals surface area (Å²) in [6, 6.07) is 8.23. The fraction of sp³-hybridized carbons (Fsp3) is 0.556. The van der Waals surface area contributed by atoms with Crippen LogP contribution in [-0.2, 0) is 0 Å². The third kappa shape index (κ3) is 6.25. The Morgan fingerprint density at radius 3 is 2.45 bits per heavy atom. The molecule has 0 atom stereocenters. The van der Waals surface area contributed by atoms with E-state index in [1.165, 1.54) is 5.57 Å². The van der Waals surface area contributed by atoms with Crippen LogP contribution in [0.4, 0.5) is 0 Å². The normalized spacial score (nSPS) is 12.8. The molecular weight excluding hydrogens is 246 g/mol. The second-order valence-electron chi connectivity index (χ2n) is 6.46. The van der Waals surface area contributed by atoms with Crippen LogP contribution in [0.2, 0.25) is 0 Å². The zero-order valence-corrected chi connectivity index (χ0v) is 13.8. The van der Waals surface area contributed by atoms with Crippen molar-refractivity contribution < 1.29 is 4.74 Å². The van der Waals surface area contributed by atoms with Gasteiger partial charge >= 0.3 is 0 Å². The Morgan fingerprint density at radius 2 is 1.90 bits per heavy atom. The molecule has 0 aliphatic heterocycles. The third-order valence-electron chi connectivity index (χ3n) is 2.94. The average Bonchev–Trinajstić information content (AvgIpc) is 2.34. The maximum absolute atomic E-state index is 5.87. The summed E-state index contributed by atoms with van der Waals surface area (Å²) in [6.07, 6.45) is 3.48. The van der Waals surface area contributed by atoms with Crippen molar-refractivity contribution in [1.29, 1.82) is 0 Å². The van der Waals surface area contributed by atoms with Gasteiger partial charge in [-0.2, -0.15) is 0 Å². The molecule has 2 nitrogen and oxygen atoms in total. The molecule has 1 N–H and O–H groups in total. The average molecular weight is 275 g/mol. The molecule has 1 aromatic carbocycles. The second kappa shape index (κ2) is 7.49. The number of nitrogens with one attached hydrogen (secondary N) is 1. The lowest BCUT2D eigenvalue weighted by Crippen LogP contribution is -2.36. The van der Waals surface area contributed by atoms with Gasteiger partial charge in [0.25, 0.3) is 0 Å². The van der Waals surface area contributed by atoms with Crippen LogP contribution in [0.25, 0.3) is 6.08 Å². The number of hydrogen-bond donors (Lipinski definition) is 1. The maximum atomic E-state index is 5.87. The van der Waals surface area contributed by atoms with E-state index in [2.05, 4.69) is 65.1 Å². The number of para-hydroxylation sites is 1. The Hall–Kier alpha value is -1.28. The van der Waals surface area contributed by atoms with Gasteiger partial charge < -0.3 is 10.1 Å². The van der Waals surface area contributed by atoms with Gasteiger partial charge in [0.2, 0.25) is 0 Å². The molecule has 0 aromatic heterocycles. The zero-order chi connectivity index (χ0) is 15.2. The summed E-state index contributed by atoms with van der Waals surface area (Å²) in [7, 11) is 0. The van der Waals surface area contributed by atoms with E-state index in [9.17, 15) is 0 Å². The second-order valence-corrected chi connectivity index (χ2v) is 6.46.